The lowest BCUT2D eigenvalue weighted by molar-refractivity contribution is 0.0697. The maximum atomic E-state index is 10.7. The van der Waals surface area contributed by atoms with E-state index in [9.17, 15) is 4.79 Å². The summed E-state index contributed by atoms with van der Waals surface area (Å²) in [5.41, 5.74) is 0.345. The first-order valence-corrected chi connectivity index (χ1v) is 6.08. The zero-order chi connectivity index (χ0) is 12.3. The number of hydrogen-bond acceptors (Lipinski definition) is 4. The van der Waals surface area contributed by atoms with Gasteiger partial charge in [0, 0.05) is 29.2 Å². The lowest BCUT2D eigenvalue weighted by Gasteiger charge is -2.09. The van der Waals surface area contributed by atoms with E-state index < -0.39 is 5.97 Å². The molecule has 3 N–H and O–H groups in total. The fourth-order valence-corrected chi connectivity index (χ4v) is 2.26. The Hall–Kier alpha value is -1.66. The smallest absolute Gasteiger partial charge is 0.336 e. The van der Waals surface area contributed by atoms with Gasteiger partial charge in [0.05, 0.1) is 11.6 Å². The summed E-state index contributed by atoms with van der Waals surface area (Å²) >= 11 is 1.44. The molecule has 0 saturated carbocycles. The fraction of sp³-hybridized carbons (Fsp3) is 0.273. The Bertz CT molecular complexity index is 493. The standard InChI is InChI=1S/C11H13N3O2S/c1-7(10-12-2-3-13-10)14-5-9-4-8(6-17-9)11(15)16/h2-4,6-7,14H,5H2,1H3,(H,12,13)(H,15,16). The molecule has 2 aromatic heterocycles. The van der Waals surface area contributed by atoms with E-state index in [0.717, 1.165) is 10.7 Å². The van der Waals surface area contributed by atoms with Crippen LogP contribution in [0.3, 0.4) is 0 Å². The van der Waals surface area contributed by atoms with Crippen molar-refractivity contribution in [3.63, 3.8) is 0 Å². The number of hydrogen-bond donors (Lipinski definition) is 3. The molecule has 2 heterocycles. The second-order valence-corrected chi connectivity index (χ2v) is 4.68. The maximum absolute atomic E-state index is 10.7. The van der Waals surface area contributed by atoms with Crippen LogP contribution in [0.5, 0.6) is 0 Å². The van der Waals surface area contributed by atoms with Crippen LogP contribution < -0.4 is 5.32 Å². The third-order valence-corrected chi connectivity index (χ3v) is 3.35. The van der Waals surface area contributed by atoms with Gasteiger partial charge in [0.1, 0.15) is 5.82 Å². The molecule has 17 heavy (non-hydrogen) atoms. The first-order chi connectivity index (χ1) is 8.16. The molecule has 0 aliphatic heterocycles. The van der Waals surface area contributed by atoms with Crippen molar-refractivity contribution in [3.8, 4) is 0 Å². The first kappa shape index (κ1) is 11.8. The average Bonchev–Trinajstić information content (AvgIpc) is 2.97. The normalized spacial score (nSPS) is 12.5. The minimum Gasteiger partial charge on any atom is -0.478 e. The van der Waals surface area contributed by atoms with Crippen LogP contribution in [-0.4, -0.2) is 21.0 Å². The number of nitrogens with zero attached hydrogens (tertiary/aromatic N) is 1. The minimum atomic E-state index is -0.883. The van der Waals surface area contributed by atoms with E-state index in [1.165, 1.54) is 11.3 Å². The third-order valence-electron chi connectivity index (χ3n) is 2.41. The summed E-state index contributed by atoms with van der Waals surface area (Å²) in [6, 6.07) is 1.80. The van der Waals surface area contributed by atoms with E-state index in [-0.39, 0.29) is 6.04 Å². The molecular formula is C11H13N3O2S. The Morgan fingerprint density at radius 3 is 3.12 bits per heavy atom. The molecular weight excluding hydrogens is 238 g/mol. The fourth-order valence-electron chi connectivity index (χ4n) is 1.45. The molecule has 0 aromatic carbocycles. The Morgan fingerprint density at radius 1 is 1.71 bits per heavy atom. The SMILES string of the molecule is CC(NCc1cc(C(=O)O)cs1)c1ncc[nH]1. The van der Waals surface area contributed by atoms with E-state index in [1.54, 1.807) is 23.8 Å². The molecule has 0 radical (unpaired) electrons. The van der Waals surface area contributed by atoms with Crippen LogP contribution in [-0.2, 0) is 6.54 Å². The van der Waals surface area contributed by atoms with Crippen molar-refractivity contribution >= 4 is 17.3 Å². The van der Waals surface area contributed by atoms with Gasteiger partial charge in [-0.25, -0.2) is 9.78 Å². The van der Waals surface area contributed by atoms with Gasteiger partial charge in [-0.15, -0.1) is 11.3 Å². The van der Waals surface area contributed by atoms with Crippen LogP contribution in [0.15, 0.2) is 23.8 Å². The number of thiophene rings is 1. The van der Waals surface area contributed by atoms with Crippen LogP contribution in [0, 0.1) is 0 Å². The highest BCUT2D eigenvalue weighted by Gasteiger charge is 2.09. The molecule has 5 nitrogen and oxygen atoms in total. The lowest BCUT2D eigenvalue weighted by Crippen LogP contribution is -2.18. The Kier molecular flexibility index (Phi) is 3.55. The second-order valence-electron chi connectivity index (χ2n) is 3.68. The van der Waals surface area contributed by atoms with Crippen LogP contribution >= 0.6 is 11.3 Å². The van der Waals surface area contributed by atoms with Crippen LogP contribution in [0.25, 0.3) is 0 Å². The van der Waals surface area contributed by atoms with Gasteiger partial charge in [0.25, 0.3) is 0 Å². The number of carboxylic acid groups (broad SMARTS) is 1. The molecule has 1 unspecified atom stereocenters. The number of rotatable bonds is 5. The molecule has 0 saturated heterocycles. The Balaban J connectivity index is 1.91. The molecule has 0 bridgehead atoms. The average molecular weight is 251 g/mol. The molecule has 1 atom stereocenters. The number of carbonyl (C=O) groups is 1. The summed E-state index contributed by atoms with van der Waals surface area (Å²) in [5.74, 6) is -0.00778. The first-order valence-electron chi connectivity index (χ1n) is 5.20. The summed E-state index contributed by atoms with van der Waals surface area (Å²) in [6.07, 6.45) is 3.49. The van der Waals surface area contributed by atoms with Crippen LogP contribution in [0.2, 0.25) is 0 Å². The number of nitrogens with one attached hydrogen (secondary N) is 2. The predicted octanol–water partition coefficient (Wildman–Crippen LogP) is 2.02. The molecule has 90 valence electrons. The van der Waals surface area contributed by atoms with E-state index in [0.29, 0.717) is 12.1 Å². The number of aromatic nitrogens is 2. The highest BCUT2D eigenvalue weighted by molar-refractivity contribution is 7.10. The molecule has 6 heteroatoms. The minimum absolute atomic E-state index is 0.111. The van der Waals surface area contributed by atoms with Gasteiger partial charge in [-0.2, -0.15) is 0 Å². The molecule has 0 amide bonds. The monoisotopic (exact) mass is 251 g/mol. The van der Waals surface area contributed by atoms with Gasteiger partial charge in [-0.3, -0.25) is 0 Å². The van der Waals surface area contributed by atoms with Gasteiger partial charge < -0.3 is 15.4 Å². The van der Waals surface area contributed by atoms with Crippen molar-refractivity contribution in [2.45, 2.75) is 19.5 Å². The molecule has 0 fully saturated rings. The summed E-state index contributed by atoms with van der Waals surface area (Å²) in [6.45, 7) is 2.64. The number of aromatic carboxylic acids is 1. The van der Waals surface area contributed by atoms with Crippen LogP contribution in [0.1, 0.15) is 34.0 Å². The number of carboxylic acids is 1. The lowest BCUT2D eigenvalue weighted by atomic mass is 10.3. The third kappa shape index (κ3) is 2.92. The second kappa shape index (κ2) is 5.11. The Morgan fingerprint density at radius 2 is 2.53 bits per heavy atom. The zero-order valence-electron chi connectivity index (χ0n) is 9.30. The van der Waals surface area contributed by atoms with Crippen molar-refractivity contribution in [1.82, 2.24) is 15.3 Å². The van der Waals surface area contributed by atoms with Crippen molar-refractivity contribution < 1.29 is 9.90 Å². The van der Waals surface area contributed by atoms with Gasteiger partial charge in [-0.05, 0) is 13.0 Å². The number of H-pyrrole nitrogens is 1. The van der Waals surface area contributed by atoms with Gasteiger partial charge in [0.2, 0.25) is 0 Å². The van der Waals surface area contributed by atoms with Crippen LogP contribution in [0.4, 0.5) is 0 Å². The van der Waals surface area contributed by atoms with E-state index >= 15 is 0 Å². The highest BCUT2D eigenvalue weighted by Crippen LogP contribution is 2.16. The van der Waals surface area contributed by atoms with Crippen molar-refractivity contribution in [1.29, 1.82) is 0 Å². The summed E-state index contributed by atoms with van der Waals surface area (Å²) in [7, 11) is 0. The van der Waals surface area contributed by atoms with Gasteiger partial charge in [0.15, 0.2) is 0 Å². The van der Waals surface area contributed by atoms with Gasteiger partial charge in [-0.1, -0.05) is 0 Å². The van der Waals surface area contributed by atoms with E-state index in [1.807, 2.05) is 6.92 Å². The topological polar surface area (TPSA) is 78.0 Å². The molecule has 0 spiro atoms. The summed E-state index contributed by atoms with van der Waals surface area (Å²) in [5, 5.41) is 13.7. The number of imidazole rings is 1. The molecule has 0 aliphatic carbocycles. The molecule has 0 aliphatic rings. The summed E-state index contributed by atoms with van der Waals surface area (Å²) in [4.78, 5) is 18.9. The van der Waals surface area contributed by atoms with Crippen molar-refractivity contribution in [3.05, 3.63) is 40.1 Å². The van der Waals surface area contributed by atoms with Gasteiger partial charge >= 0.3 is 5.97 Å². The molecule has 2 rings (SSSR count). The highest BCUT2D eigenvalue weighted by atomic mass is 32.1. The summed E-state index contributed by atoms with van der Waals surface area (Å²) < 4.78 is 0. The van der Waals surface area contributed by atoms with E-state index in [2.05, 4.69) is 15.3 Å². The quantitative estimate of drug-likeness (QED) is 0.759. The number of aromatic amines is 1. The Labute approximate surface area is 103 Å². The van der Waals surface area contributed by atoms with Crippen molar-refractivity contribution in [2.75, 3.05) is 0 Å². The van der Waals surface area contributed by atoms with Crippen molar-refractivity contribution in [2.24, 2.45) is 0 Å². The predicted molar refractivity (Wildman–Crippen MR) is 65.1 cm³/mol. The maximum Gasteiger partial charge on any atom is 0.336 e. The largest absolute Gasteiger partial charge is 0.478 e. The zero-order valence-corrected chi connectivity index (χ0v) is 10.1. The molecule has 2 aromatic rings. The van der Waals surface area contributed by atoms with E-state index in [4.69, 9.17) is 5.11 Å².